The highest BCUT2D eigenvalue weighted by molar-refractivity contribution is 5.46. The molecule has 1 aromatic heterocycles. The standard InChI is InChI=1S/C14H12N4O2/c1-18(14-7-16-11(5-15)6-17-14)8-10-2-3-12-13(4-10)20-9-19-12/h2-4,6-7H,8-9H2,1H3. The highest BCUT2D eigenvalue weighted by Crippen LogP contribution is 2.32. The fourth-order valence-corrected chi connectivity index (χ4v) is 1.97. The van der Waals surface area contributed by atoms with Crippen LogP contribution in [0.3, 0.4) is 0 Å². The lowest BCUT2D eigenvalue weighted by Gasteiger charge is -2.17. The molecule has 0 bridgehead atoms. The summed E-state index contributed by atoms with van der Waals surface area (Å²) in [6.45, 7) is 0.937. The number of aromatic nitrogens is 2. The van der Waals surface area contributed by atoms with Crippen LogP contribution in [-0.4, -0.2) is 23.8 Å². The Balaban J connectivity index is 1.75. The predicted octanol–water partition coefficient (Wildman–Crippen LogP) is 1.71. The molecular formula is C14H12N4O2. The van der Waals surface area contributed by atoms with Crippen LogP contribution >= 0.6 is 0 Å². The van der Waals surface area contributed by atoms with Crippen molar-refractivity contribution in [3.05, 3.63) is 41.9 Å². The number of anilines is 1. The van der Waals surface area contributed by atoms with Crippen LogP contribution in [0.1, 0.15) is 11.3 Å². The van der Waals surface area contributed by atoms with E-state index in [0.717, 1.165) is 17.1 Å². The maximum Gasteiger partial charge on any atom is 0.231 e. The van der Waals surface area contributed by atoms with Crippen LogP contribution in [0.2, 0.25) is 0 Å². The molecule has 0 saturated carbocycles. The lowest BCUT2D eigenvalue weighted by atomic mass is 10.2. The second kappa shape index (κ2) is 5.05. The summed E-state index contributed by atoms with van der Waals surface area (Å²) >= 11 is 0. The lowest BCUT2D eigenvalue weighted by Crippen LogP contribution is -2.17. The van der Waals surface area contributed by atoms with Crippen LogP contribution in [0.5, 0.6) is 11.5 Å². The summed E-state index contributed by atoms with van der Waals surface area (Å²) < 4.78 is 10.6. The smallest absolute Gasteiger partial charge is 0.231 e. The molecule has 0 radical (unpaired) electrons. The van der Waals surface area contributed by atoms with Crippen molar-refractivity contribution in [3.8, 4) is 17.6 Å². The maximum absolute atomic E-state index is 8.70. The molecule has 2 heterocycles. The number of nitriles is 1. The van der Waals surface area contributed by atoms with E-state index in [0.29, 0.717) is 18.1 Å². The number of fused-ring (bicyclic) bond motifs is 1. The molecular weight excluding hydrogens is 256 g/mol. The van der Waals surface area contributed by atoms with Gasteiger partial charge in [0.1, 0.15) is 11.9 Å². The Labute approximate surface area is 116 Å². The third kappa shape index (κ3) is 2.34. The van der Waals surface area contributed by atoms with E-state index in [1.807, 2.05) is 36.2 Å². The SMILES string of the molecule is CN(Cc1ccc2c(c1)OCO2)c1cnc(C#N)cn1. The van der Waals surface area contributed by atoms with Crippen molar-refractivity contribution >= 4 is 5.82 Å². The molecule has 0 atom stereocenters. The van der Waals surface area contributed by atoms with Gasteiger partial charge in [0.15, 0.2) is 17.2 Å². The third-order valence-electron chi connectivity index (χ3n) is 3.00. The number of benzene rings is 1. The first-order chi connectivity index (χ1) is 9.76. The zero-order valence-electron chi connectivity index (χ0n) is 10.9. The quantitative estimate of drug-likeness (QED) is 0.844. The van der Waals surface area contributed by atoms with Crippen LogP contribution in [0, 0.1) is 11.3 Å². The average Bonchev–Trinajstić information content (AvgIpc) is 2.95. The fraction of sp³-hybridized carbons (Fsp3) is 0.214. The minimum Gasteiger partial charge on any atom is -0.454 e. The van der Waals surface area contributed by atoms with E-state index >= 15 is 0 Å². The first-order valence-electron chi connectivity index (χ1n) is 6.08. The third-order valence-corrected chi connectivity index (χ3v) is 3.00. The minimum atomic E-state index is 0.274. The van der Waals surface area contributed by atoms with Gasteiger partial charge in [-0.3, -0.25) is 0 Å². The zero-order valence-corrected chi connectivity index (χ0v) is 10.9. The van der Waals surface area contributed by atoms with Crippen LogP contribution in [0.15, 0.2) is 30.6 Å². The van der Waals surface area contributed by atoms with Crippen molar-refractivity contribution in [1.29, 1.82) is 5.26 Å². The topological polar surface area (TPSA) is 71.3 Å². The summed E-state index contributed by atoms with van der Waals surface area (Å²) in [6, 6.07) is 7.79. The van der Waals surface area contributed by atoms with Gasteiger partial charge in [0.2, 0.25) is 6.79 Å². The normalized spacial score (nSPS) is 12.0. The van der Waals surface area contributed by atoms with E-state index in [-0.39, 0.29) is 6.79 Å². The molecule has 2 aromatic rings. The molecule has 0 amide bonds. The number of nitrogens with zero attached hydrogens (tertiary/aromatic N) is 4. The van der Waals surface area contributed by atoms with Crippen molar-refractivity contribution in [2.75, 3.05) is 18.7 Å². The van der Waals surface area contributed by atoms with E-state index in [2.05, 4.69) is 9.97 Å². The first-order valence-corrected chi connectivity index (χ1v) is 6.08. The van der Waals surface area contributed by atoms with Crippen LogP contribution in [0.25, 0.3) is 0 Å². The maximum atomic E-state index is 8.70. The van der Waals surface area contributed by atoms with Gasteiger partial charge in [-0.2, -0.15) is 5.26 Å². The Kier molecular flexibility index (Phi) is 3.09. The number of ether oxygens (including phenoxy) is 2. The molecule has 6 heteroatoms. The van der Waals surface area contributed by atoms with Gasteiger partial charge in [0.05, 0.1) is 12.4 Å². The molecule has 20 heavy (non-hydrogen) atoms. The summed E-state index contributed by atoms with van der Waals surface area (Å²) in [5.41, 5.74) is 1.40. The molecule has 0 N–H and O–H groups in total. The van der Waals surface area contributed by atoms with Gasteiger partial charge in [0.25, 0.3) is 0 Å². The monoisotopic (exact) mass is 268 g/mol. The van der Waals surface area contributed by atoms with Crippen LogP contribution in [-0.2, 0) is 6.54 Å². The van der Waals surface area contributed by atoms with Crippen molar-refractivity contribution in [2.45, 2.75) is 6.54 Å². The second-order valence-corrected chi connectivity index (χ2v) is 4.42. The first kappa shape index (κ1) is 12.2. The van der Waals surface area contributed by atoms with E-state index in [9.17, 15) is 0 Å². The van der Waals surface area contributed by atoms with Gasteiger partial charge in [-0.25, -0.2) is 9.97 Å². The number of hydrogen-bond donors (Lipinski definition) is 0. The summed E-state index contributed by atoms with van der Waals surface area (Å²) in [5.74, 6) is 2.25. The Bertz CT molecular complexity index is 664. The molecule has 0 unspecified atom stereocenters. The Hall–Kier alpha value is -2.81. The van der Waals surface area contributed by atoms with E-state index < -0.39 is 0 Å². The molecule has 0 aliphatic carbocycles. The highest BCUT2D eigenvalue weighted by Gasteiger charge is 2.14. The molecule has 0 spiro atoms. The van der Waals surface area contributed by atoms with E-state index in [1.165, 1.54) is 6.20 Å². The Morgan fingerprint density at radius 3 is 2.85 bits per heavy atom. The molecule has 100 valence electrons. The van der Waals surface area contributed by atoms with Crippen molar-refractivity contribution < 1.29 is 9.47 Å². The van der Waals surface area contributed by atoms with E-state index in [1.54, 1.807) is 6.20 Å². The van der Waals surface area contributed by atoms with Gasteiger partial charge in [0, 0.05) is 13.6 Å². The summed E-state index contributed by atoms with van der Waals surface area (Å²) in [5, 5.41) is 8.70. The van der Waals surface area contributed by atoms with Gasteiger partial charge in [-0.1, -0.05) is 6.07 Å². The minimum absolute atomic E-state index is 0.274. The largest absolute Gasteiger partial charge is 0.454 e. The van der Waals surface area contributed by atoms with E-state index in [4.69, 9.17) is 14.7 Å². The Morgan fingerprint density at radius 2 is 2.10 bits per heavy atom. The molecule has 1 aromatic carbocycles. The van der Waals surface area contributed by atoms with Crippen LogP contribution < -0.4 is 14.4 Å². The second-order valence-electron chi connectivity index (χ2n) is 4.42. The Morgan fingerprint density at radius 1 is 1.25 bits per heavy atom. The summed E-state index contributed by atoms with van der Waals surface area (Å²) in [7, 11) is 1.92. The van der Waals surface area contributed by atoms with Gasteiger partial charge in [-0.15, -0.1) is 0 Å². The molecule has 0 saturated heterocycles. The van der Waals surface area contributed by atoms with Crippen LogP contribution in [0.4, 0.5) is 5.82 Å². The summed E-state index contributed by atoms with van der Waals surface area (Å²) in [4.78, 5) is 10.2. The van der Waals surface area contributed by atoms with Gasteiger partial charge >= 0.3 is 0 Å². The molecule has 0 fully saturated rings. The number of rotatable bonds is 3. The summed E-state index contributed by atoms with van der Waals surface area (Å²) in [6.07, 6.45) is 3.05. The van der Waals surface area contributed by atoms with Gasteiger partial charge in [-0.05, 0) is 17.7 Å². The van der Waals surface area contributed by atoms with Crippen molar-refractivity contribution in [3.63, 3.8) is 0 Å². The average molecular weight is 268 g/mol. The van der Waals surface area contributed by atoms with Gasteiger partial charge < -0.3 is 14.4 Å². The zero-order chi connectivity index (χ0) is 13.9. The van der Waals surface area contributed by atoms with Crippen molar-refractivity contribution in [1.82, 2.24) is 9.97 Å². The molecule has 1 aliphatic rings. The predicted molar refractivity (Wildman–Crippen MR) is 71.4 cm³/mol. The molecule has 6 nitrogen and oxygen atoms in total. The molecule has 1 aliphatic heterocycles. The number of hydrogen-bond acceptors (Lipinski definition) is 6. The van der Waals surface area contributed by atoms with Crippen molar-refractivity contribution in [2.24, 2.45) is 0 Å². The lowest BCUT2D eigenvalue weighted by molar-refractivity contribution is 0.174. The molecule has 3 rings (SSSR count). The fourth-order valence-electron chi connectivity index (χ4n) is 1.97. The highest BCUT2D eigenvalue weighted by atomic mass is 16.7.